The van der Waals surface area contributed by atoms with Crippen molar-refractivity contribution in [3.05, 3.63) is 65.4 Å². The summed E-state index contributed by atoms with van der Waals surface area (Å²) in [4.78, 5) is 18.4. The van der Waals surface area contributed by atoms with Crippen molar-refractivity contribution in [1.29, 1.82) is 0 Å². The van der Waals surface area contributed by atoms with Gasteiger partial charge in [0.25, 0.3) is 5.91 Å². The maximum absolute atomic E-state index is 13.7. The van der Waals surface area contributed by atoms with Crippen molar-refractivity contribution in [3.63, 3.8) is 0 Å². The molecule has 1 aliphatic heterocycles. The Kier molecular flexibility index (Phi) is 9.70. The number of hydrogen-bond acceptors (Lipinski definition) is 7. The number of methoxy groups -OCH3 is 1. The normalized spacial score (nSPS) is 14.6. The second-order valence-corrected chi connectivity index (χ2v) is 10.3. The molecule has 0 spiro atoms. The number of anilines is 2. The maximum Gasteiger partial charge on any atom is 0.255 e. The highest BCUT2D eigenvalue weighted by molar-refractivity contribution is 7.99. The van der Waals surface area contributed by atoms with Gasteiger partial charge < -0.3 is 20.1 Å². The number of ether oxygens (including phenoxy) is 2. The summed E-state index contributed by atoms with van der Waals surface area (Å²) in [6, 6.07) is 14.8. The number of nitrogens with zero attached hydrogens (tertiary/aromatic N) is 3. The number of allylic oxidation sites excluding steroid dienone is 1. The Morgan fingerprint density at radius 1 is 1.08 bits per heavy atom. The molecule has 0 aliphatic carbocycles. The Balaban J connectivity index is 1.71. The van der Waals surface area contributed by atoms with Gasteiger partial charge in [0, 0.05) is 17.1 Å². The number of fused-ring (bicyclic) bond motifs is 1. The molecule has 0 saturated carbocycles. The fourth-order valence-electron chi connectivity index (χ4n) is 4.33. The van der Waals surface area contributed by atoms with Crippen LogP contribution in [0.4, 0.5) is 11.6 Å². The van der Waals surface area contributed by atoms with Crippen LogP contribution in [0.3, 0.4) is 0 Å². The molecule has 202 valence electrons. The molecule has 8 nitrogen and oxygen atoms in total. The van der Waals surface area contributed by atoms with Crippen LogP contribution in [-0.4, -0.2) is 40.1 Å². The van der Waals surface area contributed by atoms with Gasteiger partial charge in [0.05, 0.1) is 19.3 Å². The van der Waals surface area contributed by atoms with Crippen molar-refractivity contribution in [1.82, 2.24) is 14.8 Å². The number of hydrogen-bond donors (Lipinski definition) is 2. The van der Waals surface area contributed by atoms with E-state index in [0.717, 1.165) is 54.8 Å². The predicted octanol–water partition coefficient (Wildman–Crippen LogP) is 6.68. The van der Waals surface area contributed by atoms with Crippen LogP contribution >= 0.6 is 11.8 Å². The van der Waals surface area contributed by atoms with Gasteiger partial charge in [-0.2, -0.15) is 4.98 Å². The SMILES string of the molecule is CCCCCOc1ccc(C2C(C(=O)Nc3ccccc3)=C(C)Nc3nc(SCCCC)nn32)cc1OC. The topological polar surface area (TPSA) is 90.3 Å². The Labute approximate surface area is 229 Å². The number of carbonyl (C=O) groups excluding carboxylic acids is 1. The molecule has 0 bridgehead atoms. The van der Waals surface area contributed by atoms with Gasteiger partial charge in [-0.3, -0.25) is 4.79 Å². The summed E-state index contributed by atoms with van der Waals surface area (Å²) in [6.45, 7) is 6.87. The molecule has 2 aromatic carbocycles. The highest BCUT2D eigenvalue weighted by Gasteiger charge is 2.35. The lowest BCUT2D eigenvalue weighted by atomic mass is 9.94. The molecule has 9 heteroatoms. The molecule has 1 unspecified atom stereocenters. The molecule has 2 heterocycles. The molecule has 0 radical (unpaired) electrons. The van der Waals surface area contributed by atoms with Crippen molar-refractivity contribution in [2.24, 2.45) is 0 Å². The van der Waals surface area contributed by atoms with Crippen LogP contribution in [0.5, 0.6) is 11.5 Å². The van der Waals surface area contributed by atoms with Crippen molar-refractivity contribution in [2.75, 3.05) is 30.1 Å². The summed E-state index contributed by atoms with van der Waals surface area (Å²) in [7, 11) is 1.63. The smallest absolute Gasteiger partial charge is 0.255 e. The minimum Gasteiger partial charge on any atom is -0.493 e. The van der Waals surface area contributed by atoms with E-state index in [1.807, 2.05) is 55.5 Å². The Morgan fingerprint density at radius 3 is 2.61 bits per heavy atom. The summed E-state index contributed by atoms with van der Waals surface area (Å²) in [5, 5.41) is 11.9. The van der Waals surface area contributed by atoms with E-state index < -0.39 is 6.04 Å². The average molecular weight is 536 g/mol. The third-order valence-electron chi connectivity index (χ3n) is 6.35. The molecule has 4 rings (SSSR count). The van der Waals surface area contributed by atoms with E-state index in [1.54, 1.807) is 23.6 Å². The molecule has 0 saturated heterocycles. The highest BCUT2D eigenvalue weighted by Crippen LogP contribution is 2.40. The van der Waals surface area contributed by atoms with Gasteiger partial charge in [-0.1, -0.05) is 69.1 Å². The largest absolute Gasteiger partial charge is 0.493 e. The van der Waals surface area contributed by atoms with Gasteiger partial charge >= 0.3 is 0 Å². The van der Waals surface area contributed by atoms with Crippen molar-refractivity contribution in [3.8, 4) is 11.5 Å². The Morgan fingerprint density at radius 2 is 1.87 bits per heavy atom. The van der Waals surface area contributed by atoms with Gasteiger partial charge in [-0.25, -0.2) is 4.68 Å². The number of aromatic nitrogens is 3. The number of thioether (sulfide) groups is 1. The molecule has 2 N–H and O–H groups in total. The molecule has 1 atom stereocenters. The third kappa shape index (κ3) is 6.51. The molecular formula is C29H37N5O3S. The molecule has 0 fully saturated rings. The second kappa shape index (κ2) is 13.4. The summed E-state index contributed by atoms with van der Waals surface area (Å²) < 4.78 is 13.5. The molecule has 1 amide bonds. The van der Waals surface area contributed by atoms with Crippen LogP contribution in [0.2, 0.25) is 0 Å². The predicted molar refractivity (Wildman–Crippen MR) is 153 cm³/mol. The number of para-hydroxylation sites is 1. The van der Waals surface area contributed by atoms with E-state index in [1.165, 1.54) is 0 Å². The first-order valence-corrected chi connectivity index (χ1v) is 14.3. The Bertz CT molecular complexity index is 1260. The monoisotopic (exact) mass is 535 g/mol. The summed E-state index contributed by atoms with van der Waals surface area (Å²) in [5.74, 6) is 2.66. The summed E-state index contributed by atoms with van der Waals surface area (Å²) in [5.41, 5.74) is 2.88. The van der Waals surface area contributed by atoms with E-state index in [2.05, 4.69) is 24.5 Å². The number of rotatable bonds is 13. The maximum atomic E-state index is 13.7. The van der Waals surface area contributed by atoms with Crippen LogP contribution in [0.25, 0.3) is 0 Å². The zero-order chi connectivity index (χ0) is 26.9. The fraction of sp³-hybridized carbons (Fsp3) is 0.414. The molecule has 3 aromatic rings. The van der Waals surface area contributed by atoms with Crippen LogP contribution in [0.1, 0.15) is 64.5 Å². The van der Waals surface area contributed by atoms with Crippen molar-refractivity contribution < 1.29 is 14.3 Å². The number of amides is 1. The summed E-state index contributed by atoms with van der Waals surface area (Å²) in [6.07, 6.45) is 5.44. The lowest BCUT2D eigenvalue weighted by Gasteiger charge is -2.29. The molecule has 1 aliphatic rings. The minimum atomic E-state index is -0.494. The van der Waals surface area contributed by atoms with Crippen molar-refractivity contribution >= 4 is 29.3 Å². The molecular weight excluding hydrogens is 498 g/mol. The van der Waals surface area contributed by atoms with Gasteiger partial charge in [0.15, 0.2) is 11.5 Å². The summed E-state index contributed by atoms with van der Waals surface area (Å²) >= 11 is 1.63. The van der Waals surface area contributed by atoms with Crippen LogP contribution in [0, 0.1) is 0 Å². The zero-order valence-electron chi connectivity index (χ0n) is 22.6. The Hall–Kier alpha value is -3.46. The van der Waals surface area contributed by atoms with Gasteiger partial charge in [-0.15, -0.1) is 5.10 Å². The zero-order valence-corrected chi connectivity index (χ0v) is 23.4. The van der Waals surface area contributed by atoms with E-state index >= 15 is 0 Å². The minimum absolute atomic E-state index is 0.202. The van der Waals surface area contributed by atoms with Crippen LogP contribution < -0.4 is 20.1 Å². The first-order valence-electron chi connectivity index (χ1n) is 13.3. The first kappa shape index (κ1) is 27.6. The van der Waals surface area contributed by atoms with Gasteiger partial charge in [0.2, 0.25) is 11.1 Å². The third-order valence-corrected chi connectivity index (χ3v) is 7.27. The molecule has 1 aromatic heterocycles. The number of nitrogens with one attached hydrogen (secondary N) is 2. The van der Waals surface area contributed by atoms with Gasteiger partial charge in [-0.05, 0) is 49.6 Å². The highest BCUT2D eigenvalue weighted by atomic mass is 32.2. The van der Waals surface area contributed by atoms with Crippen LogP contribution in [0.15, 0.2) is 65.0 Å². The standard InChI is InChI=1S/C29H37N5O3S/c1-5-7-12-17-37-23-16-15-21(19-24(23)36-4)26-25(27(35)31-22-13-10-9-11-14-22)20(3)30-28-32-29(33-34(26)28)38-18-8-6-2/h9-11,13-16,19,26H,5-8,12,17-18H2,1-4H3,(H,31,35)(H,30,32,33). The van der Waals surface area contributed by atoms with Gasteiger partial charge in [0.1, 0.15) is 6.04 Å². The van der Waals surface area contributed by atoms with E-state index in [9.17, 15) is 4.79 Å². The van der Waals surface area contributed by atoms with E-state index in [-0.39, 0.29) is 5.91 Å². The lowest BCUT2D eigenvalue weighted by molar-refractivity contribution is -0.113. The van der Waals surface area contributed by atoms with E-state index in [0.29, 0.717) is 34.8 Å². The van der Waals surface area contributed by atoms with Crippen LogP contribution in [-0.2, 0) is 4.79 Å². The number of unbranched alkanes of at least 4 members (excludes halogenated alkanes) is 3. The fourth-order valence-corrected chi connectivity index (χ4v) is 5.24. The van der Waals surface area contributed by atoms with Crippen molar-refractivity contribution in [2.45, 2.75) is 64.1 Å². The quantitative estimate of drug-likeness (QED) is 0.186. The first-order chi connectivity index (χ1) is 18.5. The second-order valence-electron chi connectivity index (χ2n) is 9.22. The average Bonchev–Trinajstić information content (AvgIpc) is 3.33. The number of carbonyl (C=O) groups is 1. The lowest BCUT2D eigenvalue weighted by Crippen LogP contribution is -2.31. The number of benzene rings is 2. The molecule has 38 heavy (non-hydrogen) atoms. The van der Waals surface area contributed by atoms with E-state index in [4.69, 9.17) is 19.6 Å².